The van der Waals surface area contributed by atoms with Gasteiger partial charge in [0, 0.05) is 9.97 Å². The van der Waals surface area contributed by atoms with Crippen LogP contribution in [-0.2, 0) is 4.79 Å². The standard InChI is InChI=1S/C10H18FIOSi/c1-5-6-10(11,8-13)7-9(12)14(2,3)4/h5,8-9H,1,6-7H2,2-4H3. The number of carbonyl (C=O) groups excluding carboxylic acids is 1. The minimum Gasteiger partial charge on any atom is -0.300 e. The van der Waals surface area contributed by atoms with Crippen LogP contribution in [0.2, 0.25) is 19.6 Å². The van der Waals surface area contributed by atoms with Crippen molar-refractivity contribution in [3.8, 4) is 0 Å². The van der Waals surface area contributed by atoms with Crippen LogP contribution in [-0.4, -0.2) is 23.6 Å². The molecule has 0 aromatic carbocycles. The first-order chi connectivity index (χ1) is 6.25. The Balaban J connectivity index is 4.46. The van der Waals surface area contributed by atoms with Gasteiger partial charge in [0.15, 0.2) is 12.0 Å². The van der Waals surface area contributed by atoms with Crippen molar-refractivity contribution in [1.82, 2.24) is 0 Å². The molecular formula is C10H18FIOSi. The van der Waals surface area contributed by atoms with Crippen molar-refractivity contribution in [3.63, 3.8) is 0 Å². The first kappa shape index (κ1) is 14.3. The van der Waals surface area contributed by atoms with Crippen molar-refractivity contribution < 1.29 is 9.18 Å². The largest absolute Gasteiger partial charge is 0.300 e. The molecule has 0 spiro atoms. The van der Waals surface area contributed by atoms with E-state index in [4.69, 9.17) is 0 Å². The van der Waals surface area contributed by atoms with Gasteiger partial charge in [-0.2, -0.15) is 0 Å². The van der Waals surface area contributed by atoms with Crippen LogP contribution < -0.4 is 0 Å². The lowest BCUT2D eigenvalue weighted by Crippen LogP contribution is -2.40. The van der Waals surface area contributed by atoms with Crippen LogP contribution in [0.4, 0.5) is 4.39 Å². The number of hydrogen-bond acceptors (Lipinski definition) is 1. The molecule has 0 aliphatic rings. The van der Waals surface area contributed by atoms with E-state index in [-0.39, 0.29) is 9.97 Å². The second-order valence-corrected chi connectivity index (χ2v) is 12.8. The molecule has 0 heterocycles. The Labute approximate surface area is 100 Å². The van der Waals surface area contributed by atoms with Crippen molar-refractivity contribution in [2.45, 2.75) is 41.7 Å². The molecule has 0 aromatic rings. The van der Waals surface area contributed by atoms with E-state index in [2.05, 4.69) is 48.8 Å². The van der Waals surface area contributed by atoms with E-state index >= 15 is 0 Å². The van der Waals surface area contributed by atoms with E-state index in [9.17, 15) is 9.18 Å². The zero-order chi connectivity index (χ0) is 11.4. The molecule has 2 atom stereocenters. The number of rotatable bonds is 6. The summed E-state index contributed by atoms with van der Waals surface area (Å²) < 4.78 is 14.2. The summed E-state index contributed by atoms with van der Waals surface area (Å²) in [5, 5.41) is 0. The predicted molar refractivity (Wildman–Crippen MR) is 70.5 cm³/mol. The third kappa shape index (κ3) is 4.68. The molecule has 4 heteroatoms. The Morgan fingerprint density at radius 1 is 1.57 bits per heavy atom. The highest BCUT2D eigenvalue weighted by Gasteiger charge is 2.35. The molecule has 1 nitrogen and oxygen atoms in total. The maximum Gasteiger partial charge on any atom is 0.169 e. The highest BCUT2D eigenvalue weighted by Crippen LogP contribution is 2.29. The van der Waals surface area contributed by atoms with Gasteiger partial charge in [0.25, 0.3) is 0 Å². The van der Waals surface area contributed by atoms with Gasteiger partial charge in [0.2, 0.25) is 0 Å². The number of allylic oxidation sites excluding steroid dienone is 1. The van der Waals surface area contributed by atoms with Gasteiger partial charge in [-0.3, -0.25) is 4.79 Å². The van der Waals surface area contributed by atoms with Gasteiger partial charge in [-0.25, -0.2) is 4.39 Å². The Morgan fingerprint density at radius 2 is 2.07 bits per heavy atom. The van der Waals surface area contributed by atoms with E-state index in [0.717, 1.165) is 0 Å². The normalized spacial score (nSPS) is 18.4. The third-order valence-corrected chi connectivity index (χ3v) is 10.3. The van der Waals surface area contributed by atoms with E-state index in [1.165, 1.54) is 6.08 Å². The Kier molecular flexibility index (Phi) is 5.50. The van der Waals surface area contributed by atoms with Crippen LogP contribution >= 0.6 is 22.6 Å². The first-order valence-electron chi connectivity index (χ1n) is 4.65. The SMILES string of the molecule is C=CCC(F)(C=O)CC(I)[Si](C)(C)C. The maximum absolute atomic E-state index is 13.9. The zero-order valence-electron chi connectivity index (χ0n) is 9.02. The number of alkyl halides is 2. The molecule has 82 valence electrons. The number of hydrogen-bond donors (Lipinski definition) is 0. The van der Waals surface area contributed by atoms with Crippen molar-refractivity contribution in [2.24, 2.45) is 0 Å². The van der Waals surface area contributed by atoms with Crippen LogP contribution in [0.5, 0.6) is 0 Å². The fourth-order valence-electron chi connectivity index (χ4n) is 1.02. The first-order valence-corrected chi connectivity index (χ1v) is 9.48. The van der Waals surface area contributed by atoms with Gasteiger partial charge in [0.05, 0.1) is 8.07 Å². The molecule has 0 aliphatic carbocycles. The van der Waals surface area contributed by atoms with E-state index in [1.54, 1.807) is 0 Å². The number of aldehydes is 1. The number of halogens is 2. The highest BCUT2D eigenvalue weighted by molar-refractivity contribution is 14.1. The average Bonchev–Trinajstić information content (AvgIpc) is 2.03. The molecule has 14 heavy (non-hydrogen) atoms. The summed E-state index contributed by atoms with van der Waals surface area (Å²) in [6, 6.07) is 0. The summed E-state index contributed by atoms with van der Waals surface area (Å²) in [5.74, 6) is 0. The molecular weight excluding hydrogens is 310 g/mol. The Bertz CT molecular complexity index is 215. The van der Waals surface area contributed by atoms with E-state index in [1.807, 2.05) is 0 Å². The molecule has 0 bridgehead atoms. The summed E-state index contributed by atoms with van der Waals surface area (Å²) in [7, 11) is -1.36. The summed E-state index contributed by atoms with van der Waals surface area (Å²) in [6.45, 7) is 10.0. The molecule has 0 aliphatic heterocycles. The molecule has 0 saturated heterocycles. The maximum atomic E-state index is 13.9. The minimum absolute atomic E-state index is 0.125. The quantitative estimate of drug-likeness (QED) is 0.240. The van der Waals surface area contributed by atoms with Gasteiger partial charge >= 0.3 is 0 Å². The lowest BCUT2D eigenvalue weighted by molar-refractivity contribution is -0.117. The lowest BCUT2D eigenvalue weighted by Gasteiger charge is -2.28. The number of carbonyl (C=O) groups is 1. The molecule has 0 N–H and O–H groups in total. The molecule has 0 saturated carbocycles. The fraction of sp³-hybridized carbons (Fsp3) is 0.700. The van der Waals surface area contributed by atoms with E-state index < -0.39 is 13.7 Å². The highest BCUT2D eigenvalue weighted by atomic mass is 127. The predicted octanol–water partition coefficient (Wildman–Crippen LogP) is 3.54. The third-order valence-electron chi connectivity index (χ3n) is 2.15. The molecule has 0 aromatic heterocycles. The van der Waals surface area contributed by atoms with Crippen LogP contribution in [0.1, 0.15) is 12.8 Å². The van der Waals surface area contributed by atoms with E-state index in [0.29, 0.717) is 12.7 Å². The van der Waals surface area contributed by atoms with Gasteiger partial charge < -0.3 is 0 Å². The Hall–Kier alpha value is 0.287. The fourth-order valence-corrected chi connectivity index (χ4v) is 2.71. The zero-order valence-corrected chi connectivity index (χ0v) is 12.2. The summed E-state index contributed by atoms with van der Waals surface area (Å²) in [5.41, 5.74) is -1.70. The summed E-state index contributed by atoms with van der Waals surface area (Å²) >= 11 is 2.27. The van der Waals surface area contributed by atoms with Crippen LogP contribution in [0.25, 0.3) is 0 Å². The van der Waals surface area contributed by atoms with Crippen molar-refractivity contribution in [2.75, 3.05) is 0 Å². The summed E-state index contributed by atoms with van der Waals surface area (Å²) in [6.07, 6.45) is 2.35. The van der Waals surface area contributed by atoms with Crippen LogP contribution in [0, 0.1) is 0 Å². The van der Waals surface area contributed by atoms with Gasteiger partial charge in [0.1, 0.15) is 0 Å². The lowest BCUT2D eigenvalue weighted by atomic mass is 10.0. The van der Waals surface area contributed by atoms with Crippen molar-refractivity contribution in [3.05, 3.63) is 12.7 Å². The minimum atomic E-state index is -1.70. The Morgan fingerprint density at radius 3 is 2.36 bits per heavy atom. The second-order valence-electron chi connectivity index (χ2n) is 4.68. The van der Waals surface area contributed by atoms with Crippen LogP contribution in [0.3, 0.4) is 0 Å². The molecule has 2 unspecified atom stereocenters. The van der Waals surface area contributed by atoms with Gasteiger partial charge in [-0.05, 0) is 6.42 Å². The van der Waals surface area contributed by atoms with Crippen molar-refractivity contribution >= 4 is 37.0 Å². The second kappa shape index (κ2) is 5.39. The van der Waals surface area contributed by atoms with Crippen molar-refractivity contribution in [1.29, 1.82) is 0 Å². The molecule has 0 fully saturated rings. The van der Waals surface area contributed by atoms with Crippen LogP contribution in [0.15, 0.2) is 12.7 Å². The summed E-state index contributed by atoms with van der Waals surface area (Å²) in [4.78, 5) is 10.7. The smallest absolute Gasteiger partial charge is 0.169 e. The van der Waals surface area contributed by atoms with Gasteiger partial charge in [-0.15, -0.1) is 6.58 Å². The molecule has 0 radical (unpaired) electrons. The average molecular weight is 328 g/mol. The molecule has 0 amide bonds. The topological polar surface area (TPSA) is 17.1 Å². The monoisotopic (exact) mass is 328 g/mol. The molecule has 0 rings (SSSR count). The van der Waals surface area contributed by atoms with Gasteiger partial charge in [-0.1, -0.05) is 48.3 Å².